The molecule has 0 amide bonds. The molecule has 0 atom stereocenters. The van der Waals surface area contributed by atoms with Crippen molar-refractivity contribution in [3.8, 4) is 0 Å². The molecule has 1 saturated heterocycles. The average Bonchev–Trinajstić information content (AvgIpc) is 3.25. The van der Waals surface area contributed by atoms with Gasteiger partial charge in [-0.3, -0.25) is 0 Å². The van der Waals surface area contributed by atoms with Gasteiger partial charge in [0.05, 0.1) is 0 Å². The highest BCUT2D eigenvalue weighted by atomic mass is 79.9. The first-order chi connectivity index (χ1) is 10.0. The Kier molecular flexibility index (Phi) is 4.60. The molecule has 3 heteroatoms. The Morgan fingerprint density at radius 3 is 2.76 bits per heavy atom. The highest BCUT2D eigenvalue weighted by Crippen LogP contribution is 2.33. The molecule has 0 aromatic heterocycles. The number of halogens is 1. The third-order valence-electron chi connectivity index (χ3n) is 4.90. The van der Waals surface area contributed by atoms with Crippen molar-refractivity contribution < 1.29 is 0 Å². The number of nitrogens with one attached hydrogen (secondary N) is 1. The van der Waals surface area contributed by atoms with E-state index >= 15 is 0 Å². The lowest BCUT2D eigenvalue weighted by atomic mass is 9.85. The van der Waals surface area contributed by atoms with Crippen molar-refractivity contribution in [2.75, 3.05) is 18.0 Å². The summed E-state index contributed by atoms with van der Waals surface area (Å²) in [5.41, 5.74) is 3.25. The maximum absolute atomic E-state index is 3.76. The van der Waals surface area contributed by atoms with Crippen molar-refractivity contribution in [1.82, 2.24) is 5.32 Å². The molecule has 1 aromatic rings. The minimum absolute atomic E-state index is 0.500. The zero-order valence-electron chi connectivity index (χ0n) is 13.3. The van der Waals surface area contributed by atoms with Gasteiger partial charge in [0.15, 0.2) is 0 Å². The lowest BCUT2D eigenvalue weighted by Gasteiger charge is -2.25. The second-order valence-electron chi connectivity index (χ2n) is 7.44. The van der Waals surface area contributed by atoms with Crippen molar-refractivity contribution in [3.05, 3.63) is 28.2 Å². The van der Waals surface area contributed by atoms with Crippen LogP contribution in [-0.2, 0) is 6.54 Å². The molecule has 1 aliphatic heterocycles. The summed E-state index contributed by atoms with van der Waals surface area (Å²) in [7, 11) is 0. The van der Waals surface area contributed by atoms with Crippen LogP contribution in [0.4, 0.5) is 5.69 Å². The van der Waals surface area contributed by atoms with E-state index in [2.05, 4.69) is 58.2 Å². The number of benzene rings is 1. The largest absolute Gasteiger partial charge is 0.371 e. The molecule has 1 aromatic carbocycles. The lowest BCUT2D eigenvalue weighted by molar-refractivity contribution is 0.325. The number of hydrogen-bond acceptors (Lipinski definition) is 2. The van der Waals surface area contributed by atoms with Crippen LogP contribution in [0, 0.1) is 5.41 Å². The Hall–Kier alpha value is -0.540. The van der Waals surface area contributed by atoms with Crippen LogP contribution in [0.3, 0.4) is 0 Å². The van der Waals surface area contributed by atoms with E-state index in [4.69, 9.17) is 0 Å². The fraction of sp³-hybridized carbons (Fsp3) is 0.667. The number of rotatable bonds is 4. The monoisotopic (exact) mass is 350 g/mol. The van der Waals surface area contributed by atoms with E-state index in [1.807, 2.05) is 0 Å². The predicted octanol–water partition coefficient (Wildman–Crippen LogP) is 4.72. The van der Waals surface area contributed by atoms with Crippen molar-refractivity contribution in [2.45, 2.75) is 58.5 Å². The molecule has 1 heterocycles. The minimum atomic E-state index is 0.500. The van der Waals surface area contributed by atoms with E-state index in [9.17, 15) is 0 Å². The summed E-state index contributed by atoms with van der Waals surface area (Å²) in [6.07, 6.45) is 6.62. The van der Waals surface area contributed by atoms with Gasteiger partial charge in [0.2, 0.25) is 0 Å². The highest BCUT2D eigenvalue weighted by molar-refractivity contribution is 9.10. The zero-order valence-corrected chi connectivity index (χ0v) is 14.9. The van der Waals surface area contributed by atoms with Gasteiger partial charge in [-0.25, -0.2) is 0 Å². The summed E-state index contributed by atoms with van der Waals surface area (Å²) >= 11 is 3.76. The van der Waals surface area contributed by atoms with Crippen LogP contribution in [0.2, 0.25) is 0 Å². The number of nitrogens with zero attached hydrogens (tertiary/aromatic N) is 1. The van der Waals surface area contributed by atoms with Gasteiger partial charge in [-0.2, -0.15) is 0 Å². The average molecular weight is 351 g/mol. The Balaban J connectivity index is 1.65. The standard InChI is InChI=1S/C18H27BrN2/c1-18(2)8-3-10-21(11-9-18)16-7-4-14(17(19)12-16)13-20-15-5-6-15/h4,7,12,15,20H,3,5-6,8-11,13H2,1-2H3. The number of hydrogen-bond donors (Lipinski definition) is 1. The van der Waals surface area contributed by atoms with Gasteiger partial charge in [0.1, 0.15) is 0 Å². The Labute approximate surface area is 137 Å². The molecule has 0 radical (unpaired) electrons. The van der Waals surface area contributed by atoms with Crippen molar-refractivity contribution in [2.24, 2.45) is 5.41 Å². The van der Waals surface area contributed by atoms with Gasteiger partial charge in [0.25, 0.3) is 0 Å². The Bertz CT molecular complexity index is 494. The molecule has 2 fully saturated rings. The maximum atomic E-state index is 3.76. The normalized spacial score (nSPS) is 22.1. The molecular formula is C18H27BrN2. The van der Waals surface area contributed by atoms with Crippen LogP contribution < -0.4 is 10.2 Å². The molecule has 1 saturated carbocycles. The van der Waals surface area contributed by atoms with Gasteiger partial charge < -0.3 is 10.2 Å². The van der Waals surface area contributed by atoms with Crippen LogP contribution in [0.1, 0.15) is 51.5 Å². The van der Waals surface area contributed by atoms with Crippen LogP contribution in [0.25, 0.3) is 0 Å². The van der Waals surface area contributed by atoms with Crippen molar-refractivity contribution >= 4 is 21.6 Å². The first-order valence-corrected chi connectivity index (χ1v) is 9.10. The van der Waals surface area contributed by atoms with Gasteiger partial charge in [-0.15, -0.1) is 0 Å². The molecule has 21 heavy (non-hydrogen) atoms. The van der Waals surface area contributed by atoms with Crippen LogP contribution in [0.5, 0.6) is 0 Å². The fourth-order valence-electron chi connectivity index (χ4n) is 3.10. The summed E-state index contributed by atoms with van der Waals surface area (Å²) < 4.78 is 1.25. The third-order valence-corrected chi connectivity index (χ3v) is 5.64. The van der Waals surface area contributed by atoms with Gasteiger partial charge in [-0.05, 0) is 55.2 Å². The van der Waals surface area contributed by atoms with E-state index in [1.54, 1.807) is 0 Å². The van der Waals surface area contributed by atoms with E-state index in [-0.39, 0.29) is 0 Å². The van der Waals surface area contributed by atoms with E-state index in [0.717, 1.165) is 12.6 Å². The molecule has 0 spiro atoms. The van der Waals surface area contributed by atoms with E-state index < -0.39 is 0 Å². The second-order valence-corrected chi connectivity index (χ2v) is 8.29. The molecule has 1 N–H and O–H groups in total. The molecule has 3 rings (SSSR count). The van der Waals surface area contributed by atoms with E-state index in [0.29, 0.717) is 5.41 Å². The third kappa shape index (κ3) is 4.23. The first kappa shape index (κ1) is 15.4. The molecule has 116 valence electrons. The fourth-order valence-corrected chi connectivity index (χ4v) is 3.61. The van der Waals surface area contributed by atoms with Crippen LogP contribution in [0.15, 0.2) is 22.7 Å². The SMILES string of the molecule is CC1(C)CCCN(c2ccc(CNC3CC3)c(Br)c2)CC1. The molecule has 0 bridgehead atoms. The summed E-state index contributed by atoms with van der Waals surface area (Å²) in [4.78, 5) is 2.55. The molecule has 2 nitrogen and oxygen atoms in total. The summed E-state index contributed by atoms with van der Waals surface area (Å²) in [5, 5.41) is 3.59. The molecular weight excluding hydrogens is 324 g/mol. The van der Waals surface area contributed by atoms with E-state index in [1.165, 1.54) is 60.9 Å². The quantitative estimate of drug-likeness (QED) is 0.845. The molecule has 1 aliphatic carbocycles. The minimum Gasteiger partial charge on any atom is -0.371 e. The van der Waals surface area contributed by atoms with Gasteiger partial charge >= 0.3 is 0 Å². The first-order valence-electron chi connectivity index (χ1n) is 8.30. The molecule has 2 aliphatic rings. The summed E-state index contributed by atoms with van der Waals surface area (Å²) in [6, 6.07) is 7.66. The van der Waals surface area contributed by atoms with Gasteiger partial charge in [0, 0.05) is 35.8 Å². The molecule has 0 unspecified atom stereocenters. The zero-order chi connectivity index (χ0) is 14.9. The summed E-state index contributed by atoms with van der Waals surface area (Å²) in [5.74, 6) is 0. The van der Waals surface area contributed by atoms with Crippen molar-refractivity contribution in [1.29, 1.82) is 0 Å². The Morgan fingerprint density at radius 2 is 2.05 bits per heavy atom. The Morgan fingerprint density at radius 1 is 1.24 bits per heavy atom. The predicted molar refractivity (Wildman–Crippen MR) is 93.8 cm³/mol. The maximum Gasteiger partial charge on any atom is 0.0377 e. The lowest BCUT2D eigenvalue weighted by Crippen LogP contribution is -2.25. The van der Waals surface area contributed by atoms with Crippen LogP contribution >= 0.6 is 15.9 Å². The second kappa shape index (κ2) is 6.29. The highest BCUT2D eigenvalue weighted by Gasteiger charge is 2.23. The van der Waals surface area contributed by atoms with Crippen LogP contribution in [-0.4, -0.2) is 19.1 Å². The smallest absolute Gasteiger partial charge is 0.0377 e. The summed E-state index contributed by atoms with van der Waals surface area (Å²) in [6.45, 7) is 8.16. The topological polar surface area (TPSA) is 15.3 Å². The number of anilines is 1. The van der Waals surface area contributed by atoms with Crippen molar-refractivity contribution in [3.63, 3.8) is 0 Å². The van der Waals surface area contributed by atoms with Gasteiger partial charge in [-0.1, -0.05) is 35.8 Å².